The molecule has 0 aliphatic carbocycles. The average Bonchev–Trinajstić information content (AvgIpc) is 3.04. The lowest BCUT2D eigenvalue weighted by molar-refractivity contribution is -0.150. The van der Waals surface area contributed by atoms with Crippen molar-refractivity contribution in [2.75, 3.05) is 0 Å². The Kier molecular flexibility index (Phi) is 4.17. The number of carbonyl (C=O) groups is 1. The number of thiophene rings is 1. The van der Waals surface area contributed by atoms with Gasteiger partial charge in [0.25, 0.3) is 0 Å². The van der Waals surface area contributed by atoms with Gasteiger partial charge >= 0.3 is 5.97 Å². The maximum atomic E-state index is 11.6. The molecule has 2 aromatic heterocycles. The number of nitrogens with zero attached hydrogens (tertiary/aromatic N) is 4. The molecule has 1 N–H and O–H groups in total. The van der Waals surface area contributed by atoms with E-state index in [2.05, 4.69) is 15.5 Å². The maximum Gasteiger partial charge on any atom is 0.311 e. The molecule has 0 fully saturated rings. The van der Waals surface area contributed by atoms with Gasteiger partial charge in [0.1, 0.15) is 0 Å². The Bertz CT molecular complexity index is 601. The first kappa shape index (κ1) is 14.6. The average molecular weight is 294 g/mol. The Balaban J connectivity index is 2.38. The van der Waals surface area contributed by atoms with Gasteiger partial charge in [-0.3, -0.25) is 4.79 Å². The van der Waals surface area contributed by atoms with E-state index in [-0.39, 0.29) is 6.54 Å². The molecule has 2 rings (SSSR count). The second kappa shape index (κ2) is 5.70. The number of aryl methyl sites for hydroxylation is 1. The molecule has 2 heterocycles. The van der Waals surface area contributed by atoms with Crippen LogP contribution in [-0.2, 0) is 11.3 Å². The minimum absolute atomic E-state index is 0.285. The van der Waals surface area contributed by atoms with Crippen LogP contribution >= 0.6 is 11.3 Å². The van der Waals surface area contributed by atoms with Crippen LogP contribution in [-0.4, -0.2) is 31.3 Å². The number of carboxylic acid groups (broad SMARTS) is 1. The molecular formula is C13H18N4O2S. The standard InChI is InChI=1S/C13H18N4O2S/c1-4-13(5-2,12(18)19)8-17-11(14-15-16-17)10-7-20-6-9(10)3/h6-7H,4-5,8H2,1-3H3,(H,18,19). The van der Waals surface area contributed by atoms with E-state index in [0.29, 0.717) is 18.7 Å². The van der Waals surface area contributed by atoms with Crippen molar-refractivity contribution in [2.24, 2.45) is 5.41 Å². The molecule has 0 spiro atoms. The number of rotatable bonds is 6. The van der Waals surface area contributed by atoms with E-state index in [1.165, 1.54) is 0 Å². The van der Waals surface area contributed by atoms with E-state index in [1.54, 1.807) is 16.0 Å². The second-order valence-electron chi connectivity index (χ2n) is 4.92. The van der Waals surface area contributed by atoms with Crippen LogP contribution in [0.25, 0.3) is 11.4 Å². The van der Waals surface area contributed by atoms with Crippen molar-refractivity contribution in [3.8, 4) is 11.4 Å². The molecule has 0 aliphatic heterocycles. The molecule has 0 aliphatic rings. The van der Waals surface area contributed by atoms with Crippen molar-refractivity contribution in [3.05, 3.63) is 16.3 Å². The van der Waals surface area contributed by atoms with Crippen LogP contribution in [0, 0.1) is 12.3 Å². The fourth-order valence-corrected chi connectivity index (χ4v) is 3.05. The first-order valence-corrected chi connectivity index (χ1v) is 7.51. The summed E-state index contributed by atoms with van der Waals surface area (Å²) < 4.78 is 1.61. The van der Waals surface area contributed by atoms with E-state index in [9.17, 15) is 9.90 Å². The molecule has 7 heteroatoms. The van der Waals surface area contributed by atoms with Gasteiger partial charge in [0.15, 0.2) is 5.82 Å². The summed E-state index contributed by atoms with van der Waals surface area (Å²) in [4.78, 5) is 11.6. The van der Waals surface area contributed by atoms with Gasteiger partial charge in [-0.1, -0.05) is 13.8 Å². The topological polar surface area (TPSA) is 80.9 Å². The van der Waals surface area contributed by atoms with E-state index < -0.39 is 11.4 Å². The number of hydrogen-bond donors (Lipinski definition) is 1. The van der Waals surface area contributed by atoms with Crippen molar-refractivity contribution in [2.45, 2.75) is 40.2 Å². The van der Waals surface area contributed by atoms with Gasteiger partial charge < -0.3 is 5.11 Å². The Morgan fingerprint density at radius 1 is 1.40 bits per heavy atom. The Hall–Kier alpha value is -1.76. The van der Waals surface area contributed by atoms with Crippen molar-refractivity contribution >= 4 is 17.3 Å². The quantitative estimate of drug-likeness (QED) is 0.885. The summed E-state index contributed by atoms with van der Waals surface area (Å²) in [5.41, 5.74) is 1.24. The molecule has 0 bridgehead atoms. The van der Waals surface area contributed by atoms with Crippen LogP contribution in [0.4, 0.5) is 0 Å². The Labute approximate surface area is 121 Å². The summed E-state index contributed by atoms with van der Waals surface area (Å²) in [5, 5.41) is 25.3. The van der Waals surface area contributed by atoms with Gasteiger partial charge in [0.2, 0.25) is 0 Å². The summed E-state index contributed by atoms with van der Waals surface area (Å²) in [7, 11) is 0. The lowest BCUT2D eigenvalue weighted by Gasteiger charge is -2.26. The van der Waals surface area contributed by atoms with Gasteiger partial charge in [-0.05, 0) is 41.1 Å². The lowest BCUT2D eigenvalue weighted by Crippen LogP contribution is -2.35. The predicted molar refractivity (Wildman–Crippen MR) is 76.5 cm³/mol. The molecule has 2 aromatic rings. The minimum atomic E-state index is -0.825. The van der Waals surface area contributed by atoms with Crippen molar-refractivity contribution in [1.82, 2.24) is 20.2 Å². The van der Waals surface area contributed by atoms with Crippen LogP contribution < -0.4 is 0 Å². The molecule has 0 atom stereocenters. The molecule has 0 saturated carbocycles. The summed E-state index contributed by atoms with van der Waals surface area (Å²) in [6.07, 6.45) is 1.08. The highest BCUT2D eigenvalue weighted by Crippen LogP contribution is 2.31. The predicted octanol–water partition coefficient (Wildman–Crippen LogP) is 2.60. The molecule has 0 aromatic carbocycles. The molecule has 108 valence electrons. The molecule has 6 nitrogen and oxygen atoms in total. The zero-order valence-corrected chi connectivity index (χ0v) is 12.6. The SMILES string of the molecule is CCC(CC)(Cn1nnnc1-c1cscc1C)C(=O)O. The second-order valence-corrected chi connectivity index (χ2v) is 5.66. The van der Waals surface area contributed by atoms with Crippen LogP contribution in [0.5, 0.6) is 0 Å². The zero-order chi connectivity index (χ0) is 14.8. The summed E-state index contributed by atoms with van der Waals surface area (Å²) in [6.45, 7) is 6.05. The van der Waals surface area contributed by atoms with E-state index in [4.69, 9.17) is 0 Å². The van der Waals surface area contributed by atoms with Gasteiger partial charge in [0.05, 0.1) is 12.0 Å². The Morgan fingerprint density at radius 3 is 2.60 bits per heavy atom. The van der Waals surface area contributed by atoms with Gasteiger partial charge in [-0.2, -0.15) is 11.3 Å². The number of hydrogen-bond acceptors (Lipinski definition) is 5. The van der Waals surface area contributed by atoms with Crippen LogP contribution in [0.2, 0.25) is 0 Å². The smallest absolute Gasteiger partial charge is 0.311 e. The highest BCUT2D eigenvalue weighted by Gasteiger charge is 2.36. The van der Waals surface area contributed by atoms with E-state index in [1.807, 2.05) is 31.5 Å². The summed E-state index contributed by atoms with van der Waals surface area (Å²) >= 11 is 1.58. The third-order valence-electron chi connectivity index (χ3n) is 3.89. The monoisotopic (exact) mass is 294 g/mol. The zero-order valence-electron chi connectivity index (χ0n) is 11.8. The number of carboxylic acids is 1. The van der Waals surface area contributed by atoms with Crippen molar-refractivity contribution in [1.29, 1.82) is 0 Å². The first-order valence-electron chi connectivity index (χ1n) is 6.56. The Morgan fingerprint density at radius 2 is 2.10 bits per heavy atom. The number of aromatic nitrogens is 4. The molecular weight excluding hydrogens is 276 g/mol. The van der Waals surface area contributed by atoms with Crippen molar-refractivity contribution < 1.29 is 9.90 Å². The number of tetrazole rings is 1. The fraction of sp³-hybridized carbons (Fsp3) is 0.538. The van der Waals surface area contributed by atoms with Gasteiger partial charge in [-0.15, -0.1) is 5.10 Å². The largest absolute Gasteiger partial charge is 0.481 e. The van der Waals surface area contributed by atoms with Gasteiger partial charge in [-0.25, -0.2) is 4.68 Å². The molecule has 20 heavy (non-hydrogen) atoms. The van der Waals surface area contributed by atoms with Crippen molar-refractivity contribution in [3.63, 3.8) is 0 Å². The normalized spacial score (nSPS) is 11.8. The summed E-state index contributed by atoms with van der Waals surface area (Å²) in [6, 6.07) is 0. The fourth-order valence-electron chi connectivity index (χ4n) is 2.22. The lowest BCUT2D eigenvalue weighted by atomic mass is 9.82. The minimum Gasteiger partial charge on any atom is -0.481 e. The van der Waals surface area contributed by atoms with Crippen LogP contribution in [0.15, 0.2) is 10.8 Å². The highest BCUT2D eigenvalue weighted by atomic mass is 32.1. The van der Waals surface area contributed by atoms with Crippen LogP contribution in [0.1, 0.15) is 32.3 Å². The number of aliphatic carboxylic acids is 1. The molecule has 0 saturated heterocycles. The molecule has 0 amide bonds. The third-order valence-corrected chi connectivity index (χ3v) is 4.75. The third kappa shape index (κ3) is 2.45. The van der Waals surface area contributed by atoms with Gasteiger partial charge in [0, 0.05) is 10.9 Å². The molecule has 0 unspecified atom stereocenters. The highest BCUT2D eigenvalue weighted by molar-refractivity contribution is 7.08. The summed E-state index contributed by atoms with van der Waals surface area (Å²) in [5.74, 6) is -0.165. The first-order chi connectivity index (χ1) is 9.54. The maximum absolute atomic E-state index is 11.6. The molecule has 0 radical (unpaired) electrons. The van der Waals surface area contributed by atoms with E-state index >= 15 is 0 Å². The van der Waals surface area contributed by atoms with Crippen LogP contribution in [0.3, 0.4) is 0 Å². The van der Waals surface area contributed by atoms with E-state index in [0.717, 1.165) is 11.1 Å².